The zero-order chi connectivity index (χ0) is 21.5. The molecule has 31 heavy (non-hydrogen) atoms. The number of rotatable bonds is 4. The van der Waals surface area contributed by atoms with Crippen LogP contribution >= 0.6 is 0 Å². The van der Waals surface area contributed by atoms with Crippen molar-refractivity contribution < 1.29 is 13.9 Å². The van der Waals surface area contributed by atoms with Crippen molar-refractivity contribution in [3.63, 3.8) is 0 Å². The third-order valence-corrected chi connectivity index (χ3v) is 5.43. The Morgan fingerprint density at radius 1 is 1.19 bits per heavy atom. The van der Waals surface area contributed by atoms with E-state index in [2.05, 4.69) is 15.3 Å². The third-order valence-electron chi connectivity index (χ3n) is 5.43. The number of carbonyl (C=O) groups is 1. The quantitative estimate of drug-likeness (QED) is 0.528. The minimum absolute atomic E-state index is 0.0329. The van der Waals surface area contributed by atoms with Crippen LogP contribution in [0.15, 0.2) is 48.8 Å². The standard InChI is InChI=1S/C23H20FN5O2/c1-13-2-3-14(18(24)8-13)9-20(30)28-15-4-6-16(7-5-15)29-19-11-31-10-17(19)21-22(29)23(25)27-12-26-21/h2-8,12H,9-11H2,1H3,(H,28,30)(H2,25,26,27). The van der Waals surface area contributed by atoms with Gasteiger partial charge in [0.25, 0.3) is 0 Å². The number of anilines is 2. The summed E-state index contributed by atoms with van der Waals surface area (Å²) in [6.07, 6.45) is 1.42. The predicted octanol–water partition coefficient (Wildman–Crippen LogP) is 3.66. The number of aryl methyl sites for hydroxylation is 1. The van der Waals surface area contributed by atoms with Crippen molar-refractivity contribution in [2.75, 3.05) is 11.1 Å². The number of fused-ring (bicyclic) bond motifs is 3. The molecule has 3 N–H and O–H groups in total. The van der Waals surface area contributed by atoms with Crippen molar-refractivity contribution in [3.8, 4) is 5.69 Å². The smallest absolute Gasteiger partial charge is 0.228 e. The van der Waals surface area contributed by atoms with Crippen molar-refractivity contribution in [1.29, 1.82) is 0 Å². The Balaban J connectivity index is 1.41. The number of nitrogens with zero attached hydrogens (tertiary/aromatic N) is 3. The summed E-state index contributed by atoms with van der Waals surface area (Å²) in [6.45, 7) is 2.76. The normalized spacial score (nSPS) is 12.8. The number of hydrogen-bond donors (Lipinski definition) is 2. The molecule has 8 heteroatoms. The minimum Gasteiger partial charge on any atom is -0.382 e. The maximum Gasteiger partial charge on any atom is 0.228 e. The van der Waals surface area contributed by atoms with E-state index in [0.29, 0.717) is 30.3 Å². The maximum absolute atomic E-state index is 14.0. The summed E-state index contributed by atoms with van der Waals surface area (Å²) < 4.78 is 21.6. The van der Waals surface area contributed by atoms with Gasteiger partial charge < -0.3 is 20.4 Å². The summed E-state index contributed by atoms with van der Waals surface area (Å²) in [7, 11) is 0. The minimum atomic E-state index is -0.374. The fourth-order valence-electron chi connectivity index (χ4n) is 3.95. The van der Waals surface area contributed by atoms with Crippen LogP contribution in [0.5, 0.6) is 0 Å². The van der Waals surface area contributed by atoms with E-state index in [1.165, 1.54) is 12.4 Å². The Kier molecular flexibility index (Phi) is 4.63. The van der Waals surface area contributed by atoms with Crippen molar-refractivity contribution >= 4 is 28.4 Å². The Morgan fingerprint density at radius 2 is 2.00 bits per heavy atom. The highest BCUT2D eigenvalue weighted by Gasteiger charge is 2.25. The zero-order valence-electron chi connectivity index (χ0n) is 16.9. The molecule has 0 atom stereocenters. The number of ether oxygens (including phenoxy) is 1. The summed E-state index contributed by atoms with van der Waals surface area (Å²) in [5, 5.41) is 2.82. The van der Waals surface area contributed by atoms with Crippen LogP contribution in [-0.2, 0) is 29.2 Å². The van der Waals surface area contributed by atoms with Gasteiger partial charge in [0, 0.05) is 16.9 Å². The molecule has 0 fully saturated rings. The molecular formula is C23H20FN5O2. The first-order valence-corrected chi connectivity index (χ1v) is 9.87. The highest BCUT2D eigenvalue weighted by molar-refractivity contribution is 5.93. The topological polar surface area (TPSA) is 95.1 Å². The van der Waals surface area contributed by atoms with Crippen molar-refractivity contribution in [1.82, 2.24) is 14.5 Å². The number of nitrogen functional groups attached to an aromatic ring is 1. The molecule has 0 aliphatic carbocycles. The van der Waals surface area contributed by atoms with Crippen LogP contribution in [0.2, 0.25) is 0 Å². The molecule has 0 spiro atoms. The number of amides is 1. The van der Waals surface area contributed by atoms with Crippen LogP contribution < -0.4 is 11.1 Å². The van der Waals surface area contributed by atoms with Crippen LogP contribution in [0, 0.1) is 12.7 Å². The summed E-state index contributed by atoms with van der Waals surface area (Å²) in [5.74, 6) is -0.258. The van der Waals surface area contributed by atoms with Crippen LogP contribution in [0.25, 0.3) is 16.7 Å². The second kappa shape index (κ2) is 7.48. The van der Waals surface area contributed by atoms with Gasteiger partial charge in [-0.15, -0.1) is 0 Å². The second-order valence-electron chi connectivity index (χ2n) is 7.58. The first-order chi connectivity index (χ1) is 15.0. The van der Waals surface area contributed by atoms with Gasteiger partial charge in [-0.2, -0.15) is 0 Å². The van der Waals surface area contributed by atoms with Crippen molar-refractivity contribution in [3.05, 3.63) is 77.0 Å². The zero-order valence-corrected chi connectivity index (χ0v) is 16.9. The summed E-state index contributed by atoms with van der Waals surface area (Å²) >= 11 is 0. The molecule has 0 unspecified atom stereocenters. The molecule has 3 heterocycles. The van der Waals surface area contributed by atoms with Gasteiger partial charge in [-0.3, -0.25) is 4.79 Å². The van der Waals surface area contributed by atoms with Gasteiger partial charge in [0.05, 0.1) is 25.3 Å². The number of aromatic nitrogens is 3. The molecule has 5 rings (SSSR count). The highest BCUT2D eigenvalue weighted by Crippen LogP contribution is 2.35. The number of nitrogens with two attached hydrogens (primary N) is 1. The van der Waals surface area contributed by atoms with Crippen LogP contribution in [0.3, 0.4) is 0 Å². The molecule has 1 amide bonds. The molecule has 0 saturated heterocycles. The molecule has 7 nitrogen and oxygen atoms in total. The van der Waals surface area contributed by atoms with Gasteiger partial charge in [0.15, 0.2) is 5.82 Å². The Morgan fingerprint density at radius 3 is 2.77 bits per heavy atom. The number of halogens is 1. The van der Waals surface area contributed by atoms with E-state index >= 15 is 0 Å². The summed E-state index contributed by atoms with van der Waals surface area (Å²) in [5.41, 5.74) is 12.4. The molecule has 2 aromatic carbocycles. The highest BCUT2D eigenvalue weighted by atomic mass is 19.1. The first-order valence-electron chi connectivity index (χ1n) is 9.87. The van der Waals surface area contributed by atoms with Crippen LogP contribution in [0.4, 0.5) is 15.9 Å². The Bertz CT molecular complexity index is 1310. The third kappa shape index (κ3) is 3.40. The van der Waals surface area contributed by atoms with E-state index in [0.717, 1.165) is 33.5 Å². The van der Waals surface area contributed by atoms with Gasteiger partial charge in [0.2, 0.25) is 5.91 Å². The van der Waals surface area contributed by atoms with Gasteiger partial charge in [0.1, 0.15) is 23.2 Å². The van der Waals surface area contributed by atoms with Crippen LogP contribution in [-0.4, -0.2) is 20.4 Å². The lowest BCUT2D eigenvalue weighted by molar-refractivity contribution is -0.115. The fraction of sp³-hybridized carbons (Fsp3) is 0.174. The molecule has 0 saturated carbocycles. The molecule has 156 valence electrons. The molecule has 0 radical (unpaired) electrons. The van der Waals surface area contributed by atoms with E-state index in [1.807, 2.05) is 23.6 Å². The molecule has 1 aliphatic rings. The maximum atomic E-state index is 14.0. The first kappa shape index (κ1) is 19.2. The SMILES string of the molecule is Cc1ccc(CC(=O)Nc2ccc(-n3c4c(c5ncnc(N)c53)COC4)cc2)c(F)c1. The lowest BCUT2D eigenvalue weighted by Gasteiger charge is -2.12. The van der Waals surface area contributed by atoms with Gasteiger partial charge in [-0.25, -0.2) is 14.4 Å². The molecule has 4 aromatic rings. The van der Waals surface area contributed by atoms with Gasteiger partial charge in [-0.05, 0) is 48.4 Å². The fourth-order valence-corrected chi connectivity index (χ4v) is 3.95. The number of carbonyl (C=O) groups excluding carboxylic acids is 1. The molecule has 2 aromatic heterocycles. The van der Waals surface area contributed by atoms with E-state index < -0.39 is 0 Å². The van der Waals surface area contributed by atoms with E-state index in [-0.39, 0.29) is 18.1 Å². The number of nitrogens with one attached hydrogen (secondary N) is 1. The summed E-state index contributed by atoms with van der Waals surface area (Å²) in [4.78, 5) is 20.9. The molecular weight excluding hydrogens is 397 g/mol. The number of benzene rings is 2. The monoisotopic (exact) mass is 417 g/mol. The summed E-state index contributed by atoms with van der Waals surface area (Å²) in [6, 6.07) is 12.2. The Hall–Kier alpha value is -3.78. The van der Waals surface area contributed by atoms with Gasteiger partial charge in [-0.1, -0.05) is 12.1 Å². The average Bonchev–Trinajstić information content (AvgIpc) is 3.33. The van der Waals surface area contributed by atoms with E-state index in [9.17, 15) is 9.18 Å². The van der Waals surface area contributed by atoms with E-state index in [1.54, 1.807) is 24.3 Å². The number of hydrogen-bond acceptors (Lipinski definition) is 5. The predicted molar refractivity (Wildman–Crippen MR) is 115 cm³/mol. The van der Waals surface area contributed by atoms with Gasteiger partial charge >= 0.3 is 0 Å². The lowest BCUT2D eigenvalue weighted by atomic mass is 10.1. The van der Waals surface area contributed by atoms with Crippen LogP contribution in [0.1, 0.15) is 22.4 Å². The second-order valence-corrected chi connectivity index (χ2v) is 7.58. The lowest BCUT2D eigenvalue weighted by Crippen LogP contribution is -2.15. The van der Waals surface area contributed by atoms with Crippen molar-refractivity contribution in [2.45, 2.75) is 26.6 Å². The molecule has 1 aliphatic heterocycles. The largest absolute Gasteiger partial charge is 0.382 e. The molecule has 0 bridgehead atoms. The van der Waals surface area contributed by atoms with E-state index in [4.69, 9.17) is 10.5 Å². The van der Waals surface area contributed by atoms with Crippen molar-refractivity contribution in [2.24, 2.45) is 0 Å². The average molecular weight is 417 g/mol. The Labute approximate surface area is 177 Å².